The van der Waals surface area contributed by atoms with Crippen LogP contribution in [0.5, 0.6) is 0 Å². The van der Waals surface area contributed by atoms with E-state index >= 15 is 0 Å². The summed E-state index contributed by atoms with van der Waals surface area (Å²) in [5, 5.41) is 4.42. The van der Waals surface area contributed by atoms with Gasteiger partial charge in [-0.05, 0) is 47.1 Å². The quantitative estimate of drug-likeness (QED) is 0.361. The second kappa shape index (κ2) is 7.64. The topological polar surface area (TPSA) is 31.9 Å². The van der Waals surface area contributed by atoms with Crippen molar-refractivity contribution in [3.05, 3.63) is 51.5 Å². The third-order valence-corrected chi connectivity index (χ3v) is 7.75. The molecule has 3 aromatic heterocycles. The van der Waals surface area contributed by atoms with Crippen LogP contribution >= 0.6 is 38.6 Å². The van der Waals surface area contributed by atoms with Gasteiger partial charge in [-0.2, -0.15) is 0 Å². The van der Waals surface area contributed by atoms with Crippen LogP contribution in [-0.2, 0) is 6.54 Å². The van der Waals surface area contributed by atoms with Crippen LogP contribution in [0.4, 0.5) is 0 Å². The van der Waals surface area contributed by atoms with Crippen molar-refractivity contribution >= 4 is 48.0 Å². The van der Waals surface area contributed by atoms with Gasteiger partial charge in [0.1, 0.15) is 5.82 Å². The minimum atomic E-state index is 0.853. The van der Waals surface area contributed by atoms with Crippen LogP contribution in [0, 0.1) is 0 Å². The third kappa shape index (κ3) is 3.51. The molecule has 0 radical (unpaired) electrons. The molecule has 0 saturated heterocycles. The number of rotatable bonds is 6. The average molecular weight is 446 g/mol. The number of fused-ring (bicyclic) bond motifs is 1. The fraction of sp³-hybridized carbons (Fsp3) is 0.250. The number of aromatic nitrogens is 2. The summed E-state index contributed by atoms with van der Waals surface area (Å²) in [5.41, 5.74) is 4.82. The standard InChI is InChI=1S/C20H20BrN3S2/c1-3-8-24(2)10-18-22-9-17(23-18)14-6-4-13(5-7-14)15-11-25-20-16(21)12-26-19(15)20/h4-7,9,11-12H,3,8,10H2,1-2H3,(H,22,23). The SMILES string of the molecule is CCCN(C)Cc1ncc(-c2ccc(-c3csc4c(Br)csc34)cc2)[nH]1. The van der Waals surface area contributed by atoms with E-state index in [-0.39, 0.29) is 0 Å². The minimum absolute atomic E-state index is 0.853. The number of aromatic amines is 1. The van der Waals surface area contributed by atoms with Gasteiger partial charge >= 0.3 is 0 Å². The highest BCUT2D eigenvalue weighted by Crippen LogP contribution is 2.42. The minimum Gasteiger partial charge on any atom is -0.341 e. The van der Waals surface area contributed by atoms with E-state index in [1.165, 1.54) is 30.6 Å². The molecule has 26 heavy (non-hydrogen) atoms. The van der Waals surface area contributed by atoms with Crippen molar-refractivity contribution in [3.8, 4) is 22.4 Å². The number of thiophene rings is 2. The van der Waals surface area contributed by atoms with Crippen molar-refractivity contribution in [1.82, 2.24) is 14.9 Å². The van der Waals surface area contributed by atoms with Crippen LogP contribution in [0.1, 0.15) is 19.2 Å². The Hall–Kier alpha value is -1.47. The molecule has 0 aliphatic heterocycles. The third-order valence-electron chi connectivity index (χ3n) is 4.40. The van der Waals surface area contributed by atoms with Gasteiger partial charge in [0, 0.05) is 20.8 Å². The molecule has 1 aromatic carbocycles. The van der Waals surface area contributed by atoms with Gasteiger partial charge in [-0.3, -0.25) is 4.90 Å². The number of hydrogen-bond acceptors (Lipinski definition) is 4. The maximum atomic E-state index is 4.53. The van der Waals surface area contributed by atoms with Crippen molar-refractivity contribution in [1.29, 1.82) is 0 Å². The molecule has 0 atom stereocenters. The van der Waals surface area contributed by atoms with Gasteiger partial charge in [-0.15, -0.1) is 22.7 Å². The summed E-state index contributed by atoms with van der Waals surface area (Å²) in [6.07, 6.45) is 3.09. The normalized spacial score (nSPS) is 11.7. The summed E-state index contributed by atoms with van der Waals surface area (Å²) in [5.74, 6) is 1.02. The largest absolute Gasteiger partial charge is 0.341 e. The van der Waals surface area contributed by atoms with Gasteiger partial charge in [0.15, 0.2) is 0 Å². The van der Waals surface area contributed by atoms with E-state index in [0.29, 0.717) is 0 Å². The monoisotopic (exact) mass is 445 g/mol. The molecular formula is C20H20BrN3S2. The number of imidazole rings is 1. The molecule has 0 aliphatic carbocycles. The smallest absolute Gasteiger partial charge is 0.120 e. The first-order valence-electron chi connectivity index (χ1n) is 8.63. The Labute approximate surface area is 169 Å². The molecule has 1 N–H and O–H groups in total. The zero-order chi connectivity index (χ0) is 18.1. The summed E-state index contributed by atoms with van der Waals surface area (Å²) in [6, 6.07) is 8.76. The van der Waals surface area contributed by atoms with Gasteiger partial charge < -0.3 is 4.98 Å². The van der Waals surface area contributed by atoms with Crippen LogP contribution in [0.3, 0.4) is 0 Å². The molecule has 3 nitrogen and oxygen atoms in total. The summed E-state index contributed by atoms with van der Waals surface area (Å²) in [7, 11) is 2.13. The van der Waals surface area contributed by atoms with E-state index in [2.05, 4.69) is 79.8 Å². The summed E-state index contributed by atoms with van der Waals surface area (Å²) < 4.78 is 3.89. The van der Waals surface area contributed by atoms with E-state index in [1.54, 1.807) is 22.7 Å². The van der Waals surface area contributed by atoms with Gasteiger partial charge in [-0.1, -0.05) is 31.2 Å². The number of nitrogens with one attached hydrogen (secondary N) is 1. The molecule has 0 bridgehead atoms. The van der Waals surface area contributed by atoms with Gasteiger partial charge in [-0.25, -0.2) is 4.98 Å². The van der Waals surface area contributed by atoms with Crippen LogP contribution in [0.25, 0.3) is 31.8 Å². The fourth-order valence-electron chi connectivity index (χ4n) is 3.13. The second-order valence-corrected chi connectivity index (χ2v) is 9.06. The first-order valence-corrected chi connectivity index (χ1v) is 11.2. The predicted molar refractivity (Wildman–Crippen MR) is 117 cm³/mol. The highest BCUT2D eigenvalue weighted by atomic mass is 79.9. The van der Waals surface area contributed by atoms with Crippen molar-refractivity contribution < 1.29 is 0 Å². The average Bonchev–Trinajstić information content (AvgIpc) is 3.34. The second-order valence-electron chi connectivity index (χ2n) is 6.45. The summed E-state index contributed by atoms with van der Waals surface area (Å²) in [4.78, 5) is 10.3. The highest BCUT2D eigenvalue weighted by molar-refractivity contribution is 9.10. The van der Waals surface area contributed by atoms with Crippen LogP contribution < -0.4 is 0 Å². The van der Waals surface area contributed by atoms with Crippen LogP contribution in [-0.4, -0.2) is 28.5 Å². The van der Waals surface area contributed by atoms with Gasteiger partial charge in [0.2, 0.25) is 0 Å². The molecule has 6 heteroatoms. The first-order chi connectivity index (χ1) is 12.7. The van der Waals surface area contributed by atoms with Crippen molar-refractivity contribution in [2.24, 2.45) is 0 Å². The Morgan fingerprint density at radius 3 is 2.58 bits per heavy atom. The number of hydrogen-bond donors (Lipinski definition) is 1. The molecule has 0 unspecified atom stereocenters. The lowest BCUT2D eigenvalue weighted by molar-refractivity contribution is 0.320. The van der Waals surface area contributed by atoms with E-state index in [9.17, 15) is 0 Å². The fourth-order valence-corrected chi connectivity index (χ4v) is 6.19. The zero-order valence-corrected chi connectivity index (χ0v) is 18.0. The van der Waals surface area contributed by atoms with E-state index < -0.39 is 0 Å². The zero-order valence-electron chi connectivity index (χ0n) is 14.8. The van der Waals surface area contributed by atoms with E-state index in [4.69, 9.17) is 0 Å². The van der Waals surface area contributed by atoms with Crippen molar-refractivity contribution in [3.63, 3.8) is 0 Å². The molecule has 0 fully saturated rings. The van der Waals surface area contributed by atoms with Crippen molar-refractivity contribution in [2.75, 3.05) is 13.6 Å². The lowest BCUT2D eigenvalue weighted by Crippen LogP contribution is -2.19. The molecule has 0 saturated carbocycles. The van der Waals surface area contributed by atoms with E-state index in [0.717, 1.165) is 31.0 Å². The molecule has 134 valence electrons. The highest BCUT2D eigenvalue weighted by Gasteiger charge is 2.11. The van der Waals surface area contributed by atoms with Crippen LogP contribution in [0.2, 0.25) is 0 Å². The van der Waals surface area contributed by atoms with Gasteiger partial charge in [0.05, 0.1) is 27.8 Å². The number of halogens is 1. The molecule has 0 spiro atoms. The Kier molecular flexibility index (Phi) is 5.27. The molecule has 0 amide bonds. The maximum Gasteiger partial charge on any atom is 0.120 e. The first kappa shape index (κ1) is 17.9. The Morgan fingerprint density at radius 1 is 1.08 bits per heavy atom. The Morgan fingerprint density at radius 2 is 1.81 bits per heavy atom. The molecule has 4 rings (SSSR count). The van der Waals surface area contributed by atoms with Crippen LogP contribution in [0.15, 0.2) is 45.7 Å². The number of benzene rings is 1. The lowest BCUT2D eigenvalue weighted by Gasteiger charge is -2.13. The number of nitrogens with zero attached hydrogens (tertiary/aromatic N) is 2. The lowest BCUT2D eigenvalue weighted by atomic mass is 10.1. The summed E-state index contributed by atoms with van der Waals surface area (Å²) >= 11 is 7.23. The predicted octanol–water partition coefficient (Wildman–Crippen LogP) is 6.62. The molecule has 4 aromatic rings. The van der Waals surface area contributed by atoms with Gasteiger partial charge in [0.25, 0.3) is 0 Å². The molecular weight excluding hydrogens is 426 g/mol. The van der Waals surface area contributed by atoms with Crippen molar-refractivity contribution in [2.45, 2.75) is 19.9 Å². The van der Waals surface area contributed by atoms with E-state index in [1.807, 2.05) is 6.20 Å². The maximum absolute atomic E-state index is 4.53. The molecule has 3 heterocycles. The Bertz CT molecular complexity index is 1010. The Balaban J connectivity index is 1.55. The molecule has 0 aliphatic rings. The number of H-pyrrole nitrogens is 1. The summed E-state index contributed by atoms with van der Waals surface area (Å²) in [6.45, 7) is 4.13.